The van der Waals surface area contributed by atoms with E-state index in [4.69, 9.17) is 15.2 Å². The number of hydrogen-bond acceptors (Lipinski definition) is 7. The molecule has 2 heterocycles. The number of rotatable bonds is 4. The molecule has 38 heavy (non-hydrogen) atoms. The molecule has 194 valence electrons. The molecule has 0 saturated heterocycles. The number of aromatic nitrogens is 1. The summed E-state index contributed by atoms with van der Waals surface area (Å²) in [5.41, 5.74) is 6.37. The van der Waals surface area contributed by atoms with Gasteiger partial charge in [-0.1, -0.05) is 38.1 Å². The number of methoxy groups -OCH3 is 1. The number of ether oxygens (including phenoxy) is 2. The van der Waals surface area contributed by atoms with Gasteiger partial charge in [-0.05, 0) is 42.2 Å². The number of ketones is 1. The van der Waals surface area contributed by atoms with Crippen LogP contribution in [-0.4, -0.2) is 40.7 Å². The van der Waals surface area contributed by atoms with Gasteiger partial charge in [-0.2, -0.15) is 0 Å². The smallest absolute Gasteiger partial charge is 0.270 e. The molecule has 0 spiro atoms. The number of halogens is 1. The first-order chi connectivity index (χ1) is 18.1. The molecule has 1 amide bonds. The van der Waals surface area contributed by atoms with Gasteiger partial charge in [-0.15, -0.1) is 0 Å². The Morgan fingerprint density at radius 2 is 2.08 bits per heavy atom. The molecule has 1 aliphatic heterocycles. The quantitative estimate of drug-likeness (QED) is 0.487. The number of benzene rings is 2. The van der Waals surface area contributed by atoms with E-state index in [1.807, 2.05) is 19.9 Å². The van der Waals surface area contributed by atoms with E-state index in [1.54, 1.807) is 24.3 Å². The monoisotopic (exact) mass is 515 g/mol. The summed E-state index contributed by atoms with van der Waals surface area (Å²) in [6.45, 7) is 4.03. The van der Waals surface area contributed by atoms with Crippen molar-refractivity contribution >= 4 is 22.6 Å². The molecule has 1 aromatic heterocycles. The van der Waals surface area contributed by atoms with E-state index in [-0.39, 0.29) is 39.5 Å². The number of pyridine rings is 1. The number of carbonyl (C=O) groups excluding carboxylic acids is 2. The summed E-state index contributed by atoms with van der Waals surface area (Å²) in [5.74, 6) is -3.52. The average Bonchev–Trinajstić information content (AvgIpc) is 3.25. The number of hydrogen-bond donors (Lipinski definition) is 3. The maximum Gasteiger partial charge on any atom is 0.270 e. The molecule has 3 aliphatic rings. The molecule has 3 aromatic rings. The van der Waals surface area contributed by atoms with Crippen LogP contribution in [0.5, 0.6) is 11.5 Å². The van der Waals surface area contributed by atoms with E-state index in [2.05, 4.69) is 10.3 Å². The van der Waals surface area contributed by atoms with Gasteiger partial charge in [0.05, 0.1) is 12.6 Å². The summed E-state index contributed by atoms with van der Waals surface area (Å²) in [4.78, 5) is 32.4. The lowest BCUT2D eigenvalue weighted by Gasteiger charge is -2.35. The van der Waals surface area contributed by atoms with Crippen LogP contribution >= 0.6 is 0 Å². The molecule has 8 nitrogen and oxygen atoms in total. The van der Waals surface area contributed by atoms with Crippen molar-refractivity contribution < 1.29 is 28.6 Å². The maximum absolute atomic E-state index is 14.2. The van der Waals surface area contributed by atoms with Crippen LogP contribution in [0.15, 0.2) is 65.9 Å². The maximum atomic E-state index is 14.2. The van der Waals surface area contributed by atoms with Gasteiger partial charge < -0.3 is 25.6 Å². The standard InChI is InChI=1S/C29H26FN3O5/c1-14(2)15-7-9-19-23(11-15)38-29(36)20-5-4-6-21(31)24(20)26(34)28(19,29)33-27(35)18-13-32-22-10-8-16(30)12-17(22)25(18)37-3/h4-5,7-14,21,36H,6,31H2,1-3H3,(H,33,35). The van der Waals surface area contributed by atoms with E-state index in [1.165, 1.54) is 31.5 Å². The number of fused-ring (bicyclic) bond motifs is 5. The first-order valence-corrected chi connectivity index (χ1v) is 12.3. The number of nitrogens with one attached hydrogen (secondary N) is 1. The lowest BCUT2D eigenvalue weighted by Crippen LogP contribution is -2.63. The number of aliphatic hydroxyl groups is 1. The Balaban J connectivity index is 1.54. The molecule has 9 heteroatoms. The van der Waals surface area contributed by atoms with Crippen molar-refractivity contribution in [2.24, 2.45) is 5.73 Å². The molecule has 3 unspecified atom stereocenters. The Kier molecular flexibility index (Phi) is 5.24. The zero-order chi connectivity index (χ0) is 27.0. The van der Waals surface area contributed by atoms with Crippen LogP contribution in [0.3, 0.4) is 0 Å². The highest BCUT2D eigenvalue weighted by molar-refractivity contribution is 6.14. The first kappa shape index (κ1) is 24.3. The van der Waals surface area contributed by atoms with Gasteiger partial charge in [-0.25, -0.2) is 4.39 Å². The second kappa shape index (κ2) is 8.21. The van der Waals surface area contributed by atoms with Gasteiger partial charge in [-0.3, -0.25) is 14.6 Å². The lowest BCUT2D eigenvalue weighted by atomic mass is 9.80. The highest BCUT2D eigenvalue weighted by Crippen LogP contribution is 2.58. The van der Waals surface area contributed by atoms with Gasteiger partial charge in [0.25, 0.3) is 11.7 Å². The number of carbonyl (C=O) groups is 2. The van der Waals surface area contributed by atoms with Crippen molar-refractivity contribution in [3.8, 4) is 11.5 Å². The van der Waals surface area contributed by atoms with Gasteiger partial charge in [0.1, 0.15) is 22.9 Å². The summed E-state index contributed by atoms with van der Waals surface area (Å²) in [5, 5.41) is 15.2. The first-order valence-electron chi connectivity index (χ1n) is 12.3. The Hall–Kier alpha value is -4.08. The summed E-state index contributed by atoms with van der Waals surface area (Å²) in [7, 11) is 1.36. The fourth-order valence-corrected chi connectivity index (χ4v) is 5.74. The third-order valence-electron chi connectivity index (χ3n) is 7.66. The summed E-state index contributed by atoms with van der Waals surface area (Å²) in [6, 6.07) is 8.59. The Bertz CT molecular complexity index is 1610. The predicted molar refractivity (Wildman–Crippen MR) is 137 cm³/mol. The van der Waals surface area contributed by atoms with Crippen LogP contribution in [0.4, 0.5) is 4.39 Å². The Morgan fingerprint density at radius 1 is 1.29 bits per heavy atom. The van der Waals surface area contributed by atoms with Gasteiger partial charge >= 0.3 is 0 Å². The van der Waals surface area contributed by atoms with Gasteiger partial charge in [0.15, 0.2) is 5.78 Å². The second-order valence-electron chi connectivity index (χ2n) is 10.1. The number of nitrogens with zero attached hydrogens (tertiary/aromatic N) is 1. The largest absolute Gasteiger partial charge is 0.495 e. The number of Topliss-reactive ketones (excluding diaryl/α,β-unsaturated/α-hetero) is 1. The average molecular weight is 516 g/mol. The van der Waals surface area contributed by atoms with Crippen LogP contribution in [-0.2, 0) is 10.3 Å². The van der Waals surface area contributed by atoms with E-state index >= 15 is 0 Å². The van der Waals surface area contributed by atoms with Crippen LogP contribution in [0.2, 0.25) is 0 Å². The Morgan fingerprint density at radius 3 is 2.82 bits per heavy atom. The Labute approximate surface area is 218 Å². The molecule has 4 N–H and O–H groups in total. The van der Waals surface area contributed by atoms with E-state index in [0.29, 0.717) is 17.5 Å². The molecule has 0 bridgehead atoms. The molecular formula is C29H26FN3O5. The second-order valence-corrected chi connectivity index (χ2v) is 10.1. The zero-order valence-corrected chi connectivity index (χ0v) is 21.0. The highest BCUT2D eigenvalue weighted by Gasteiger charge is 2.72. The highest BCUT2D eigenvalue weighted by atomic mass is 19.1. The molecule has 0 radical (unpaired) electrons. The summed E-state index contributed by atoms with van der Waals surface area (Å²) >= 11 is 0. The minimum atomic E-state index is -2.23. The summed E-state index contributed by atoms with van der Waals surface area (Å²) < 4.78 is 25.7. The third kappa shape index (κ3) is 3.06. The SMILES string of the molecule is COc1c(C(=O)NC23C(=O)C4=C(C=CCC4N)C2(O)Oc2cc(C(C)C)ccc23)cnc2ccc(F)cc12. The fourth-order valence-electron chi connectivity index (χ4n) is 5.74. The zero-order valence-electron chi connectivity index (χ0n) is 21.0. The van der Waals surface area contributed by atoms with Gasteiger partial charge in [0.2, 0.25) is 5.54 Å². The molecule has 6 rings (SSSR count). The van der Waals surface area contributed by atoms with Crippen molar-refractivity contribution in [2.75, 3.05) is 7.11 Å². The molecule has 0 fully saturated rings. The molecular weight excluding hydrogens is 489 g/mol. The van der Waals surface area contributed by atoms with Crippen LogP contribution in [0.1, 0.15) is 47.7 Å². The van der Waals surface area contributed by atoms with E-state index < -0.39 is 34.9 Å². The molecule has 2 aromatic carbocycles. The molecule has 2 aliphatic carbocycles. The van der Waals surface area contributed by atoms with Crippen molar-refractivity contribution in [1.82, 2.24) is 10.3 Å². The molecule has 0 saturated carbocycles. The number of nitrogens with two attached hydrogens (primary N) is 1. The fraction of sp³-hybridized carbons (Fsp3) is 0.276. The minimum Gasteiger partial charge on any atom is -0.495 e. The van der Waals surface area contributed by atoms with Crippen molar-refractivity contribution in [3.05, 3.63) is 88.4 Å². The lowest BCUT2D eigenvalue weighted by molar-refractivity contribution is -0.154. The summed E-state index contributed by atoms with van der Waals surface area (Å²) in [6.07, 6.45) is 5.09. The van der Waals surface area contributed by atoms with Crippen molar-refractivity contribution in [3.63, 3.8) is 0 Å². The normalized spacial score (nSPS) is 25.3. The van der Waals surface area contributed by atoms with Crippen LogP contribution < -0.4 is 20.5 Å². The van der Waals surface area contributed by atoms with Gasteiger partial charge in [0, 0.05) is 34.3 Å². The molecule has 3 atom stereocenters. The number of amides is 1. The third-order valence-corrected chi connectivity index (χ3v) is 7.66. The van der Waals surface area contributed by atoms with Crippen molar-refractivity contribution in [1.29, 1.82) is 0 Å². The van der Waals surface area contributed by atoms with Crippen LogP contribution in [0.25, 0.3) is 10.9 Å². The predicted octanol–water partition coefficient (Wildman–Crippen LogP) is 3.38. The minimum absolute atomic E-state index is 0.0351. The van der Waals surface area contributed by atoms with Crippen molar-refractivity contribution in [2.45, 2.75) is 43.6 Å². The van der Waals surface area contributed by atoms with E-state index in [0.717, 1.165) is 5.56 Å². The topological polar surface area (TPSA) is 124 Å². The van der Waals surface area contributed by atoms with E-state index in [9.17, 15) is 19.1 Å². The van der Waals surface area contributed by atoms with Crippen LogP contribution in [0, 0.1) is 5.82 Å².